The molecule has 0 saturated carbocycles. The lowest BCUT2D eigenvalue weighted by Gasteiger charge is -2.07. The second-order valence-electron chi connectivity index (χ2n) is 5.40. The van der Waals surface area contributed by atoms with E-state index in [0.29, 0.717) is 29.2 Å². The fourth-order valence-electron chi connectivity index (χ4n) is 2.29. The molecule has 0 amide bonds. The Kier molecular flexibility index (Phi) is 5.74. The van der Waals surface area contributed by atoms with Crippen LogP contribution in [0.5, 0.6) is 11.5 Å². The van der Waals surface area contributed by atoms with Crippen molar-refractivity contribution in [1.29, 1.82) is 0 Å². The average molecular weight is 411 g/mol. The molecule has 1 heterocycles. The van der Waals surface area contributed by atoms with Crippen LogP contribution in [0.2, 0.25) is 5.02 Å². The molecule has 0 spiro atoms. The van der Waals surface area contributed by atoms with Crippen molar-refractivity contribution in [2.45, 2.75) is 6.61 Å². The van der Waals surface area contributed by atoms with Gasteiger partial charge in [0.25, 0.3) is 5.89 Å². The molecule has 0 bridgehead atoms. The number of carbonyl (C=O) groups excluding carboxylic acids is 1. The highest BCUT2D eigenvalue weighted by Crippen LogP contribution is 2.31. The molecule has 0 saturated heterocycles. The predicted octanol–water partition coefficient (Wildman–Crippen LogP) is 4.04. The summed E-state index contributed by atoms with van der Waals surface area (Å²) in [5.74, 6) is -2.12. The summed E-state index contributed by atoms with van der Waals surface area (Å²) in [6, 6.07) is 6.37. The van der Waals surface area contributed by atoms with Crippen LogP contribution in [0, 0.1) is 11.6 Å². The first-order valence-corrected chi connectivity index (χ1v) is 8.17. The summed E-state index contributed by atoms with van der Waals surface area (Å²) in [6.07, 6.45) is 0. The SMILES string of the molecule is COc1ccc(-c2noc(COC(=O)c3cc(F)c(F)cc3Cl)n2)c(OC)c1. The van der Waals surface area contributed by atoms with Gasteiger partial charge in [-0.05, 0) is 24.3 Å². The molecule has 1 aromatic heterocycles. The molecule has 0 aliphatic carbocycles. The summed E-state index contributed by atoms with van der Waals surface area (Å²) in [5, 5.41) is 3.53. The Bertz CT molecular complexity index is 1030. The van der Waals surface area contributed by atoms with Crippen LogP contribution in [0.1, 0.15) is 16.2 Å². The first-order chi connectivity index (χ1) is 13.4. The number of carbonyl (C=O) groups is 1. The minimum Gasteiger partial charge on any atom is -0.497 e. The van der Waals surface area contributed by atoms with Crippen molar-refractivity contribution in [2.75, 3.05) is 14.2 Å². The number of ether oxygens (including phenoxy) is 3. The van der Waals surface area contributed by atoms with Gasteiger partial charge in [0.15, 0.2) is 18.2 Å². The van der Waals surface area contributed by atoms with Gasteiger partial charge in [0, 0.05) is 6.07 Å². The van der Waals surface area contributed by atoms with Gasteiger partial charge < -0.3 is 18.7 Å². The van der Waals surface area contributed by atoms with Gasteiger partial charge in [-0.1, -0.05) is 16.8 Å². The van der Waals surface area contributed by atoms with Gasteiger partial charge in [0.2, 0.25) is 5.82 Å². The smallest absolute Gasteiger partial charge is 0.340 e. The fourth-order valence-corrected chi connectivity index (χ4v) is 2.52. The van der Waals surface area contributed by atoms with Crippen molar-refractivity contribution < 1.29 is 32.3 Å². The van der Waals surface area contributed by atoms with E-state index >= 15 is 0 Å². The average Bonchev–Trinajstić information content (AvgIpc) is 3.17. The van der Waals surface area contributed by atoms with E-state index in [1.54, 1.807) is 18.2 Å². The molecule has 0 atom stereocenters. The van der Waals surface area contributed by atoms with E-state index in [1.807, 2.05) is 0 Å². The zero-order valence-electron chi connectivity index (χ0n) is 14.7. The van der Waals surface area contributed by atoms with Crippen molar-refractivity contribution in [3.8, 4) is 22.9 Å². The Morgan fingerprint density at radius 2 is 1.89 bits per heavy atom. The van der Waals surface area contributed by atoms with Gasteiger partial charge in [-0.3, -0.25) is 0 Å². The lowest BCUT2D eigenvalue weighted by atomic mass is 10.2. The van der Waals surface area contributed by atoms with Crippen LogP contribution in [0.3, 0.4) is 0 Å². The van der Waals surface area contributed by atoms with Crippen LogP contribution in [-0.2, 0) is 11.3 Å². The van der Waals surface area contributed by atoms with Crippen LogP contribution in [-0.4, -0.2) is 30.3 Å². The lowest BCUT2D eigenvalue weighted by Crippen LogP contribution is -2.07. The molecule has 3 rings (SSSR count). The first-order valence-electron chi connectivity index (χ1n) is 7.79. The largest absolute Gasteiger partial charge is 0.497 e. The van der Waals surface area contributed by atoms with Crippen molar-refractivity contribution in [3.63, 3.8) is 0 Å². The number of hydrogen-bond acceptors (Lipinski definition) is 7. The van der Waals surface area contributed by atoms with E-state index in [4.69, 9.17) is 30.3 Å². The molecular weight excluding hydrogens is 398 g/mol. The standard InChI is InChI=1S/C18H13ClF2N2O5/c1-25-9-3-4-10(15(5-9)26-2)17-22-16(28-23-17)8-27-18(24)11-6-13(20)14(21)7-12(11)19/h3-7H,8H2,1-2H3. The highest BCUT2D eigenvalue weighted by atomic mass is 35.5. The number of hydrogen-bond donors (Lipinski definition) is 0. The molecule has 28 heavy (non-hydrogen) atoms. The quantitative estimate of drug-likeness (QED) is 0.448. The minimum atomic E-state index is -1.22. The number of halogens is 3. The molecule has 7 nitrogen and oxygen atoms in total. The number of benzene rings is 2. The third-order valence-corrected chi connectivity index (χ3v) is 3.99. The van der Waals surface area contributed by atoms with Gasteiger partial charge in [0.05, 0.1) is 30.4 Å². The number of aromatic nitrogens is 2. The van der Waals surface area contributed by atoms with Gasteiger partial charge >= 0.3 is 5.97 Å². The molecule has 146 valence electrons. The first kappa shape index (κ1) is 19.6. The molecular formula is C18H13ClF2N2O5. The molecule has 0 aliphatic rings. The molecule has 3 aromatic rings. The van der Waals surface area contributed by atoms with E-state index in [1.165, 1.54) is 14.2 Å². The summed E-state index contributed by atoms with van der Waals surface area (Å²) in [6.45, 7) is -0.389. The Hall–Kier alpha value is -3.20. The van der Waals surface area contributed by atoms with Crippen LogP contribution < -0.4 is 9.47 Å². The zero-order chi connectivity index (χ0) is 20.3. The van der Waals surface area contributed by atoms with Crippen LogP contribution in [0.15, 0.2) is 34.9 Å². The summed E-state index contributed by atoms with van der Waals surface area (Å²) >= 11 is 5.74. The number of nitrogens with zero attached hydrogens (tertiary/aromatic N) is 2. The third kappa shape index (κ3) is 4.04. The summed E-state index contributed by atoms with van der Waals surface area (Å²) in [5.41, 5.74) is 0.213. The third-order valence-electron chi connectivity index (χ3n) is 3.67. The lowest BCUT2D eigenvalue weighted by molar-refractivity contribution is 0.0429. The van der Waals surface area contributed by atoms with Gasteiger partial charge in [-0.15, -0.1) is 0 Å². The number of methoxy groups -OCH3 is 2. The highest BCUT2D eigenvalue weighted by molar-refractivity contribution is 6.33. The van der Waals surface area contributed by atoms with E-state index in [-0.39, 0.29) is 28.9 Å². The maximum absolute atomic E-state index is 13.3. The van der Waals surface area contributed by atoms with Gasteiger partial charge in [-0.25, -0.2) is 13.6 Å². The second-order valence-corrected chi connectivity index (χ2v) is 5.81. The zero-order valence-corrected chi connectivity index (χ0v) is 15.4. The molecule has 2 aromatic carbocycles. The fraction of sp³-hybridized carbons (Fsp3) is 0.167. The van der Waals surface area contributed by atoms with Crippen molar-refractivity contribution in [3.05, 3.63) is 58.4 Å². The van der Waals surface area contributed by atoms with Crippen LogP contribution in [0.25, 0.3) is 11.4 Å². The minimum absolute atomic E-state index is 0.0140. The van der Waals surface area contributed by atoms with E-state index < -0.39 is 17.6 Å². The molecule has 0 unspecified atom stereocenters. The van der Waals surface area contributed by atoms with Crippen LogP contribution >= 0.6 is 11.6 Å². The highest BCUT2D eigenvalue weighted by Gasteiger charge is 2.19. The molecule has 10 heteroatoms. The Balaban J connectivity index is 1.74. The van der Waals surface area contributed by atoms with Gasteiger partial charge in [-0.2, -0.15) is 4.98 Å². The summed E-state index contributed by atoms with van der Waals surface area (Å²) in [4.78, 5) is 16.2. The number of esters is 1. The molecule has 0 N–H and O–H groups in total. The number of rotatable bonds is 6. The maximum atomic E-state index is 13.3. The van der Waals surface area contributed by atoms with Crippen LogP contribution in [0.4, 0.5) is 8.78 Å². The predicted molar refractivity (Wildman–Crippen MR) is 93.3 cm³/mol. The topological polar surface area (TPSA) is 83.7 Å². The Morgan fingerprint density at radius 3 is 2.61 bits per heavy atom. The van der Waals surface area contributed by atoms with Crippen molar-refractivity contribution >= 4 is 17.6 Å². The van der Waals surface area contributed by atoms with Gasteiger partial charge in [0.1, 0.15) is 11.5 Å². The summed E-state index contributed by atoms with van der Waals surface area (Å²) in [7, 11) is 3.00. The van der Waals surface area contributed by atoms with E-state index in [2.05, 4.69) is 10.1 Å². The Morgan fingerprint density at radius 1 is 1.14 bits per heavy atom. The summed E-state index contributed by atoms with van der Waals surface area (Å²) < 4.78 is 46.8. The van der Waals surface area contributed by atoms with Crippen molar-refractivity contribution in [2.24, 2.45) is 0 Å². The molecule has 0 radical (unpaired) electrons. The second kappa shape index (κ2) is 8.22. The molecule has 0 fully saturated rings. The monoisotopic (exact) mass is 410 g/mol. The Labute approximate surface area is 162 Å². The molecule has 0 aliphatic heterocycles. The normalized spacial score (nSPS) is 10.6. The van der Waals surface area contributed by atoms with E-state index in [9.17, 15) is 13.6 Å². The van der Waals surface area contributed by atoms with E-state index in [0.717, 1.165) is 0 Å². The maximum Gasteiger partial charge on any atom is 0.340 e. The van der Waals surface area contributed by atoms with Crippen molar-refractivity contribution in [1.82, 2.24) is 10.1 Å².